The molecule has 10 nitrogen and oxygen atoms in total. The summed E-state index contributed by atoms with van der Waals surface area (Å²) in [5, 5.41) is 19.1. The molecule has 1 amide bonds. The molecule has 158 valence electrons. The molecule has 0 aliphatic heterocycles. The number of alkyl carbamates (subject to hydrolysis) is 1. The highest BCUT2D eigenvalue weighted by Crippen LogP contribution is 2.25. The first-order chi connectivity index (χ1) is 14.1. The fourth-order valence-electron chi connectivity index (χ4n) is 3.05. The molecule has 0 spiro atoms. The molecule has 10 heteroatoms. The summed E-state index contributed by atoms with van der Waals surface area (Å²) >= 11 is 0. The highest BCUT2D eigenvalue weighted by atomic mass is 16.6. The summed E-state index contributed by atoms with van der Waals surface area (Å²) in [5.41, 5.74) is 1.46. The van der Waals surface area contributed by atoms with Crippen LogP contribution in [0, 0.1) is 11.3 Å². The SMILES string of the molecule is CC(C)c1c(-c2cnn(CCNC(=O)OC(C)(C)C)c2)nc2c(C#N)c[nH]n2c1=O. The van der Waals surface area contributed by atoms with E-state index in [1.165, 1.54) is 10.7 Å². The van der Waals surface area contributed by atoms with Gasteiger partial charge in [-0.1, -0.05) is 13.8 Å². The van der Waals surface area contributed by atoms with Crippen LogP contribution in [-0.4, -0.2) is 42.6 Å². The molecule has 3 heterocycles. The molecule has 0 atom stereocenters. The Morgan fingerprint density at radius 1 is 1.40 bits per heavy atom. The first-order valence-corrected chi connectivity index (χ1v) is 9.64. The second-order valence-corrected chi connectivity index (χ2v) is 8.21. The van der Waals surface area contributed by atoms with E-state index in [9.17, 15) is 14.9 Å². The van der Waals surface area contributed by atoms with Gasteiger partial charge in [0, 0.05) is 30.1 Å². The molecule has 0 aliphatic rings. The summed E-state index contributed by atoms with van der Waals surface area (Å²) in [6, 6.07) is 2.04. The van der Waals surface area contributed by atoms with Gasteiger partial charge >= 0.3 is 6.09 Å². The van der Waals surface area contributed by atoms with Crippen LogP contribution in [0.15, 0.2) is 23.4 Å². The molecular formula is C20H25N7O3. The number of hydrogen-bond donors (Lipinski definition) is 2. The van der Waals surface area contributed by atoms with Crippen molar-refractivity contribution >= 4 is 11.7 Å². The molecule has 3 aromatic rings. The standard InChI is InChI=1S/C20H25N7O3/c1-12(2)15-16(25-17-13(8-21)9-24-27(17)18(15)28)14-10-23-26(11-14)7-6-22-19(29)30-20(3,4)5/h9-12,24H,6-7H2,1-5H3,(H,22,29). The van der Waals surface area contributed by atoms with Gasteiger partial charge in [-0.3, -0.25) is 14.6 Å². The molecule has 3 rings (SSSR count). The van der Waals surface area contributed by atoms with Crippen LogP contribution < -0.4 is 10.9 Å². The Morgan fingerprint density at radius 2 is 2.13 bits per heavy atom. The third-order valence-electron chi connectivity index (χ3n) is 4.31. The third kappa shape index (κ3) is 4.35. The Hall–Kier alpha value is -3.61. The Labute approximate surface area is 173 Å². The van der Waals surface area contributed by atoms with Crippen LogP contribution in [0.4, 0.5) is 4.79 Å². The zero-order valence-corrected chi connectivity index (χ0v) is 17.7. The molecular weight excluding hydrogens is 386 g/mol. The van der Waals surface area contributed by atoms with Crippen LogP contribution in [0.25, 0.3) is 16.9 Å². The maximum atomic E-state index is 13.0. The zero-order valence-electron chi connectivity index (χ0n) is 17.7. The summed E-state index contributed by atoms with van der Waals surface area (Å²) in [5.74, 6) is -0.0806. The Morgan fingerprint density at radius 3 is 2.77 bits per heavy atom. The highest BCUT2D eigenvalue weighted by Gasteiger charge is 2.21. The number of hydrogen-bond acceptors (Lipinski definition) is 6. The van der Waals surface area contributed by atoms with Crippen LogP contribution in [0.2, 0.25) is 0 Å². The number of fused-ring (bicyclic) bond motifs is 1. The van der Waals surface area contributed by atoms with Crippen LogP contribution in [0.3, 0.4) is 0 Å². The number of nitriles is 1. The van der Waals surface area contributed by atoms with Gasteiger partial charge < -0.3 is 10.1 Å². The molecule has 0 saturated heterocycles. The second kappa shape index (κ2) is 8.02. The van der Waals surface area contributed by atoms with Crippen molar-refractivity contribution in [1.82, 2.24) is 29.7 Å². The molecule has 0 radical (unpaired) electrons. The molecule has 0 aliphatic carbocycles. The van der Waals surface area contributed by atoms with E-state index in [4.69, 9.17) is 4.74 Å². The monoisotopic (exact) mass is 411 g/mol. The molecule has 0 unspecified atom stereocenters. The minimum atomic E-state index is -0.560. The maximum Gasteiger partial charge on any atom is 0.407 e. The van der Waals surface area contributed by atoms with Crippen molar-refractivity contribution in [2.24, 2.45) is 0 Å². The van der Waals surface area contributed by atoms with Crippen LogP contribution in [0.1, 0.15) is 51.7 Å². The van der Waals surface area contributed by atoms with Crippen molar-refractivity contribution < 1.29 is 9.53 Å². The number of H-pyrrole nitrogens is 1. The van der Waals surface area contributed by atoms with Gasteiger partial charge in [0.25, 0.3) is 5.56 Å². The van der Waals surface area contributed by atoms with Crippen LogP contribution in [0.5, 0.6) is 0 Å². The number of carbonyl (C=O) groups excluding carboxylic acids is 1. The molecule has 3 aromatic heterocycles. The van der Waals surface area contributed by atoms with Crippen LogP contribution >= 0.6 is 0 Å². The smallest absolute Gasteiger partial charge is 0.407 e. The average molecular weight is 411 g/mol. The number of nitrogens with zero attached hydrogens (tertiary/aromatic N) is 5. The third-order valence-corrected chi connectivity index (χ3v) is 4.31. The number of nitrogens with one attached hydrogen (secondary N) is 2. The Bertz CT molecular complexity index is 1170. The highest BCUT2D eigenvalue weighted by molar-refractivity contribution is 5.68. The van der Waals surface area contributed by atoms with Crippen molar-refractivity contribution in [3.8, 4) is 17.3 Å². The van der Waals surface area contributed by atoms with Gasteiger partial charge in [-0.15, -0.1) is 0 Å². The van der Waals surface area contributed by atoms with Gasteiger partial charge in [-0.2, -0.15) is 10.4 Å². The van der Waals surface area contributed by atoms with Gasteiger partial charge in [-0.05, 0) is 26.7 Å². The predicted octanol–water partition coefficient (Wildman–Crippen LogP) is 2.41. The van der Waals surface area contributed by atoms with Crippen LogP contribution in [-0.2, 0) is 11.3 Å². The zero-order chi connectivity index (χ0) is 22.1. The van der Waals surface area contributed by atoms with E-state index >= 15 is 0 Å². The lowest BCUT2D eigenvalue weighted by Crippen LogP contribution is -2.34. The number of aromatic nitrogens is 5. The number of carbonyl (C=O) groups is 1. The summed E-state index contributed by atoms with van der Waals surface area (Å²) in [4.78, 5) is 29.3. The van der Waals surface area contributed by atoms with Crippen molar-refractivity contribution in [2.45, 2.75) is 52.7 Å². The Balaban J connectivity index is 1.86. The fourth-order valence-corrected chi connectivity index (χ4v) is 3.05. The normalized spacial score (nSPS) is 11.6. The first-order valence-electron chi connectivity index (χ1n) is 9.64. The Kier molecular flexibility index (Phi) is 5.64. The fraction of sp³-hybridized carbons (Fsp3) is 0.450. The number of rotatable bonds is 5. The number of ether oxygens (including phenoxy) is 1. The largest absolute Gasteiger partial charge is 0.444 e. The summed E-state index contributed by atoms with van der Waals surface area (Å²) in [6.07, 6.45) is 4.35. The second-order valence-electron chi connectivity index (χ2n) is 8.21. The van der Waals surface area contributed by atoms with Crippen molar-refractivity contribution in [2.75, 3.05) is 6.54 Å². The van der Waals surface area contributed by atoms with Gasteiger partial charge in [0.05, 0.1) is 18.4 Å². The lowest BCUT2D eigenvalue weighted by molar-refractivity contribution is 0.0525. The topological polar surface area (TPSA) is 130 Å². The van der Waals surface area contributed by atoms with Gasteiger partial charge in [0.1, 0.15) is 17.2 Å². The molecule has 2 N–H and O–H groups in total. The lowest BCUT2D eigenvalue weighted by Gasteiger charge is -2.19. The van der Waals surface area contributed by atoms with Crippen molar-refractivity contribution in [3.05, 3.63) is 40.1 Å². The molecule has 0 bridgehead atoms. The quantitative estimate of drug-likeness (QED) is 0.663. The minimum absolute atomic E-state index is 0.0806. The summed E-state index contributed by atoms with van der Waals surface area (Å²) in [7, 11) is 0. The molecule has 0 fully saturated rings. The molecule has 0 saturated carbocycles. The summed E-state index contributed by atoms with van der Waals surface area (Å²) < 4.78 is 8.14. The minimum Gasteiger partial charge on any atom is -0.444 e. The number of amides is 1. The average Bonchev–Trinajstić information content (AvgIpc) is 3.26. The molecule has 30 heavy (non-hydrogen) atoms. The van der Waals surface area contributed by atoms with Gasteiger partial charge in [-0.25, -0.2) is 14.3 Å². The molecule has 0 aromatic carbocycles. The van der Waals surface area contributed by atoms with Crippen molar-refractivity contribution in [1.29, 1.82) is 5.26 Å². The van der Waals surface area contributed by atoms with Gasteiger partial charge in [0.2, 0.25) is 0 Å². The van der Waals surface area contributed by atoms with E-state index < -0.39 is 11.7 Å². The van der Waals surface area contributed by atoms with Gasteiger partial charge in [0.15, 0.2) is 5.65 Å². The first kappa shape index (κ1) is 21.1. The maximum absolute atomic E-state index is 13.0. The van der Waals surface area contributed by atoms with Crippen molar-refractivity contribution in [3.63, 3.8) is 0 Å². The van der Waals surface area contributed by atoms with E-state index in [-0.39, 0.29) is 22.7 Å². The summed E-state index contributed by atoms with van der Waals surface area (Å²) in [6.45, 7) is 9.98. The van der Waals surface area contributed by atoms with E-state index in [2.05, 4.69) is 20.5 Å². The van der Waals surface area contributed by atoms with E-state index in [1.807, 2.05) is 19.9 Å². The predicted molar refractivity (Wildman–Crippen MR) is 110 cm³/mol. The van der Waals surface area contributed by atoms with E-state index in [1.54, 1.807) is 37.8 Å². The number of aromatic amines is 1. The van der Waals surface area contributed by atoms with E-state index in [0.717, 1.165) is 0 Å². The lowest BCUT2D eigenvalue weighted by atomic mass is 10.00. The van der Waals surface area contributed by atoms with E-state index in [0.29, 0.717) is 29.9 Å².